The molecule has 0 aliphatic carbocycles. The number of thiazole rings is 1. The molecule has 0 saturated carbocycles. The van der Waals surface area contributed by atoms with Crippen LogP contribution in [0.25, 0.3) is 6.08 Å². The Morgan fingerprint density at radius 2 is 1.76 bits per heavy atom. The second-order valence-electron chi connectivity index (χ2n) is 6.24. The highest BCUT2D eigenvalue weighted by atomic mass is 32.1. The third-order valence-electron chi connectivity index (χ3n) is 4.41. The summed E-state index contributed by atoms with van der Waals surface area (Å²) in [6.45, 7) is 0. The molecule has 8 heteroatoms. The van der Waals surface area contributed by atoms with E-state index in [0.717, 1.165) is 16.9 Å². The third kappa shape index (κ3) is 3.67. The van der Waals surface area contributed by atoms with Crippen molar-refractivity contribution in [3.05, 3.63) is 86.2 Å². The van der Waals surface area contributed by atoms with Crippen molar-refractivity contribution >= 4 is 47.5 Å². The number of nitrogens with zero attached hydrogens (tertiary/aromatic N) is 3. The lowest BCUT2D eigenvalue weighted by atomic mass is 10.0. The summed E-state index contributed by atoms with van der Waals surface area (Å²) in [4.78, 5) is 12.4. The Balaban J connectivity index is 1.77. The van der Waals surface area contributed by atoms with Gasteiger partial charge in [0.1, 0.15) is 5.71 Å². The van der Waals surface area contributed by atoms with Crippen LogP contribution in [-0.2, 0) is 4.79 Å². The van der Waals surface area contributed by atoms with Gasteiger partial charge in [0.25, 0.3) is 0 Å². The van der Waals surface area contributed by atoms with Gasteiger partial charge in [-0.15, -0.1) is 16.4 Å². The molecule has 0 saturated heterocycles. The molecule has 0 radical (unpaired) electrons. The number of hydrogen-bond acceptors (Lipinski definition) is 6. The van der Waals surface area contributed by atoms with Crippen molar-refractivity contribution in [2.45, 2.75) is 6.04 Å². The molecule has 1 atom stereocenters. The van der Waals surface area contributed by atoms with Gasteiger partial charge in [-0.25, -0.2) is 4.79 Å². The molecule has 1 aliphatic heterocycles. The number of aromatic hydroxyl groups is 1. The quantitative estimate of drug-likeness (QED) is 0.593. The van der Waals surface area contributed by atoms with Crippen molar-refractivity contribution in [1.29, 1.82) is 0 Å². The summed E-state index contributed by atoms with van der Waals surface area (Å²) in [5.74, 6) is -1.30. The predicted octanol–water partition coefficient (Wildman–Crippen LogP) is 4.53. The first-order valence-corrected chi connectivity index (χ1v) is 9.89. The number of rotatable bonds is 5. The normalized spacial score (nSPS) is 15.4. The molecule has 2 N–H and O–H groups in total. The Morgan fingerprint density at radius 3 is 2.41 bits per heavy atom. The fourth-order valence-corrected chi connectivity index (χ4v) is 4.40. The van der Waals surface area contributed by atoms with E-state index in [1.54, 1.807) is 42.6 Å². The molecule has 0 amide bonds. The van der Waals surface area contributed by atoms with Crippen LogP contribution in [0.5, 0.6) is 5.88 Å². The smallest absolute Gasteiger partial charge is 0.331 e. The van der Waals surface area contributed by atoms with Crippen LogP contribution in [0.4, 0.5) is 0 Å². The van der Waals surface area contributed by atoms with Gasteiger partial charge < -0.3 is 10.2 Å². The summed E-state index contributed by atoms with van der Waals surface area (Å²) in [5, 5.41) is 28.8. The molecule has 29 heavy (non-hydrogen) atoms. The molecular formula is C21H15N3O3S2. The van der Waals surface area contributed by atoms with E-state index in [4.69, 9.17) is 12.2 Å². The van der Waals surface area contributed by atoms with Gasteiger partial charge in [-0.3, -0.25) is 4.57 Å². The number of carbonyl (C=O) groups is 1. The van der Waals surface area contributed by atoms with Gasteiger partial charge >= 0.3 is 5.97 Å². The minimum atomic E-state index is -1.12. The second-order valence-corrected chi connectivity index (χ2v) is 7.91. The molecule has 4 rings (SSSR count). The largest absolute Gasteiger partial charge is 0.493 e. The lowest BCUT2D eigenvalue weighted by Crippen LogP contribution is -2.20. The van der Waals surface area contributed by atoms with Crippen LogP contribution in [0.3, 0.4) is 0 Å². The second kappa shape index (κ2) is 7.94. The van der Waals surface area contributed by atoms with Crippen LogP contribution < -0.4 is 0 Å². The number of carboxylic acid groups (broad SMARTS) is 1. The molecule has 0 spiro atoms. The van der Waals surface area contributed by atoms with E-state index in [9.17, 15) is 15.0 Å². The van der Waals surface area contributed by atoms with Gasteiger partial charge in [0.05, 0.1) is 11.1 Å². The molecule has 1 unspecified atom stereocenters. The summed E-state index contributed by atoms with van der Waals surface area (Å²) < 4.78 is 1.52. The lowest BCUT2D eigenvalue weighted by molar-refractivity contribution is -0.139. The number of hydrogen-bond donors (Lipinski definition) is 2. The Labute approximate surface area is 175 Å². The number of aliphatic carboxylic acids is 1. The van der Waals surface area contributed by atoms with E-state index in [1.165, 1.54) is 4.57 Å². The molecule has 0 bridgehead atoms. The zero-order valence-electron chi connectivity index (χ0n) is 15.0. The Morgan fingerprint density at radius 1 is 1.10 bits per heavy atom. The summed E-state index contributed by atoms with van der Waals surface area (Å²) in [5.41, 5.74) is 2.80. The number of carboxylic acids is 1. The number of aromatic nitrogens is 1. The minimum absolute atomic E-state index is 0.198. The van der Waals surface area contributed by atoms with Crippen molar-refractivity contribution in [3.8, 4) is 5.88 Å². The van der Waals surface area contributed by atoms with Crippen molar-refractivity contribution in [2.24, 2.45) is 10.2 Å². The summed E-state index contributed by atoms with van der Waals surface area (Å²) in [7, 11) is 0. The van der Waals surface area contributed by atoms with Crippen LogP contribution in [0, 0.1) is 3.95 Å². The van der Waals surface area contributed by atoms with Gasteiger partial charge in [0, 0.05) is 11.1 Å². The predicted molar refractivity (Wildman–Crippen MR) is 116 cm³/mol. The molecule has 1 aliphatic rings. The fourth-order valence-electron chi connectivity index (χ4n) is 3.09. The van der Waals surface area contributed by atoms with Gasteiger partial charge in [-0.2, -0.15) is 5.10 Å². The van der Waals surface area contributed by atoms with Crippen LogP contribution >= 0.6 is 23.6 Å². The van der Waals surface area contributed by atoms with E-state index in [1.807, 2.05) is 30.3 Å². The molecule has 6 nitrogen and oxygen atoms in total. The van der Waals surface area contributed by atoms with Crippen LogP contribution in [0.2, 0.25) is 0 Å². The average Bonchev–Trinajstić information content (AvgIpc) is 3.29. The highest BCUT2D eigenvalue weighted by molar-refractivity contribution is 7.73. The maximum absolute atomic E-state index is 12.0. The lowest BCUT2D eigenvalue weighted by Gasteiger charge is -2.15. The summed E-state index contributed by atoms with van der Waals surface area (Å²) >= 11 is 6.52. The molecular weight excluding hydrogens is 406 g/mol. The molecule has 0 fully saturated rings. The molecule has 2 aromatic carbocycles. The monoisotopic (exact) mass is 421 g/mol. The SMILES string of the molecule is O=C(O)C(c1ccccc1)n1c(O)c(/C=C2\C=NN=C2c2ccccc2)sc1=S. The molecule has 1 aromatic heterocycles. The van der Waals surface area contributed by atoms with Crippen LogP contribution in [0.15, 0.2) is 76.4 Å². The average molecular weight is 422 g/mol. The zero-order valence-corrected chi connectivity index (χ0v) is 16.6. The van der Waals surface area contributed by atoms with Gasteiger partial charge in [0.2, 0.25) is 5.88 Å². The van der Waals surface area contributed by atoms with E-state index >= 15 is 0 Å². The molecule has 2 heterocycles. The van der Waals surface area contributed by atoms with E-state index < -0.39 is 12.0 Å². The van der Waals surface area contributed by atoms with Gasteiger partial charge in [-0.1, -0.05) is 60.7 Å². The summed E-state index contributed by atoms with van der Waals surface area (Å²) in [6.07, 6.45) is 3.32. The first-order valence-electron chi connectivity index (χ1n) is 8.67. The Hall–Kier alpha value is -3.36. The molecule has 3 aromatic rings. The minimum Gasteiger partial charge on any atom is -0.493 e. The van der Waals surface area contributed by atoms with E-state index in [2.05, 4.69) is 10.2 Å². The Bertz CT molecular complexity index is 1210. The van der Waals surface area contributed by atoms with Crippen molar-refractivity contribution in [1.82, 2.24) is 4.57 Å². The molecule has 144 valence electrons. The highest BCUT2D eigenvalue weighted by Crippen LogP contribution is 2.34. The zero-order chi connectivity index (χ0) is 20.4. The third-order valence-corrected chi connectivity index (χ3v) is 5.75. The van der Waals surface area contributed by atoms with Crippen molar-refractivity contribution in [2.75, 3.05) is 0 Å². The fraction of sp³-hybridized carbons (Fsp3) is 0.0476. The summed E-state index contributed by atoms with van der Waals surface area (Å²) in [6, 6.07) is 17.1. The van der Waals surface area contributed by atoms with E-state index in [-0.39, 0.29) is 9.83 Å². The van der Waals surface area contributed by atoms with Gasteiger partial charge in [0.15, 0.2) is 10.00 Å². The standard InChI is InChI=1S/C21H15N3O3S2/c25-19-16(11-15-12-22-23-17(15)13-7-3-1-4-8-13)29-21(28)24(19)18(20(26)27)14-9-5-2-6-10-14/h1-12,18,25H,(H,26,27)/b15-11+. The van der Waals surface area contributed by atoms with E-state index in [0.29, 0.717) is 21.7 Å². The van der Waals surface area contributed by atoms with Crippen molar-refractivity contribution in [3.63, 3.8) is 0 Å². The first kappa shape index (κ1) is 19.0. The maximum atomic E-state index is 12.0. The topological polar surface area (TPSA) is 87.2 Å². The van der Waals surface area contributed by atoms with Crippen molar-refractivity contribution < 1.29 is 15.0 Å². The van der Waals surface area contributed by atoms with Crippen LogP contribution in [-0.4, -0.2) is 32.7 Å². The van der Waals surface area contributed by atoms with Crippen LogP contribution in [0.1, 0.15) is 22.0 Å². The Kier molecular flexibility index (Phi) is 5.20. The first-order chi connectivity index (χ1) is 14.1. The number of allylic oxidation sites excluding steroid dienone is 1. The van der Waals surface area contributed by atoms with Gasteiger partial charge in [-0.05, 0) is 23.9 Å². The maximum Gasteiger partial charge on any atom is 0.331 e. The highest BCUT2D eigenvalue weighted by Gasteiger charge is 2.27. The number of benzene rings is 2.